The van der Waals surface area contributed by atoms with E-state index in [1.54, 1.807) is 29.0 Å². The molecule has 4 aromatic carbocycles. The van der Waals surface area contributed by atoms with Crippen LogP contribution < -0.4 is 29.4 Å². The zero-order valence-electron chi connectivity index (χ0n) is 33.8. The summed E-state index contributed by atoms with van der Waals surface area (Å²) in [5.41, 5.74) is 12.8. The molecule has 0 aromatic heterocycles. The van der Waals surface area contributed by atoms with Crippen molar-refractivity contribution in [2.75, 3.05) is 39.3 Å². The van der Waals surface area contributed by atoms with E-state index in [-0.39, 0.29) is 23.9 Å². The smallest absolute Gasteiger partial charge is 0.260 e. The highest BCUT2D eigenvalue weighted by Crippen LogP contribution is 2.42. The standard InChI is InChI=1S/C48H49N5O7/c1-56-38-15-11-32(12-16-38)34-22-37-28-51-42-26-46-44(24-40(42)48(55)53(37)30-34)58-18-7-5-3-2-4-6-17-57-43-23-39-41(25-45(43)59-19-8-20-60-46)50-27-36-21-33(29-52(36)47(39)54)31-9-13-35(49)14-10-31/h9-16,23-30,36-37H,2-8,17-22,49H2,1H3/t36-,37-/m0/s1. The van der Waals surface area contributed by atoms with Crippen molar-refractivity contribution >= 4 is 52.5 Å². The summed E-state index contributed by atoms with van der Waals surface area (Å²) >= 11 is 0. The third-order valence-corrected chi connectivity index (χ3v) is 11.6. The first kappa shape index (κ1) is 38.9. The lowest BCUT2D eigenvalue weighted by molar-refractivity contribution is 0.0809. The van der Waals surface area contributed by atoms with Crippen LogP contribution in [0.1, 0.15) is 89.6 Å². The molecule has 2 atom stereocenters. The van der Waals surface area contributed by atoms with E-state index in [0.29, 0.717) is 96.9 Å². The third kappa shape index (κ3) is 8.19. The Labute approximate surface area is 349 Å². The molecular formula is C48H49N5O7. The molecule has 308 valence electrons. The number of nitrogens with two attached hydrogens (primary N) is 1. The van der Waals surface area contributed by atoms with Gasteiger partial charge in [0.15, 0.2) is 23.0 Å². The second-order valence-electron chi connectivity index (χ2n) is 15.7. The molecule has 5 aliphatic rings. The highest BCUT2D eigenvalue weighted by molar-refractivity contribution is 6.06. The third-order valence-electron chi connectivity index (χ3n) is 11.6. The molecule has 12 nitrogen and oxygen atoms in total. The van der Waals surface area contributed by atoms with Crippen LogP contribution in [0.4, 0.5) is 17.1 Å². The van der Waals surface area contributed by atoms with Crippen LogP contribution in [0.5, 0.6) is 28.7 Å². The summed E-state index contributed by atoms with van der Waals surface area (Å²) in [5, 5.41) is 0. The Morgan fingerprint density at radius 1 is 0.567 bits per heavy atom. The Bertz CT molecular complexity index is 2390. The molecule has 12 heteroatoms. The zero-order valence-corrected chi connectivity index (χ0v) is 33.8. The van der Waals surface area contributed by atoms with Crippen molar-refractivity contribution in [3.63, 3.8) is 0 Å². The predicted octanol–water partition coefficient (Wildman–Crippen LogP) is 9.18. The predicted molar refractivity (Wildman–Crippen MR) is 232 cm³/mol. The number of nitrogen functional groups attached to an aromatic ring is 1. The molecule has 0 unspecified atom stereocenters. The van der Waals surface area contributed by atoms with Gasteiger partial charge >= 0.3 is 0 Å². The Kier molecular flexibility index (Phi) is 11.3. The molecule has 2 N–H and O–H groups in total. The fourth-order valence-electron chi connectivity index (χ4n) is 8.25. The highest BCUT2D eigenvalue weighted by atomic mass is 16.5. The van der Waals surface area contributed by atoms with Gasteiger partial charge in [-0.1, -0.05) is 49.9 Å². The molecule has 0 radical (unpaired) electrons. The van der Waals surface area contributed by atoms with E-state index in [1.807, 2.05) is 85.5 Å². The van der Waals surface area contributed by atoms with Gasteiger partial charge in [-0.3, -0.25) is 19.6 Å². The molecule has 9 rings (SSSR count). The topological polar surface area (TPSA) is 138 Å². The van der Waals surface area contributed by atoms with Gasteiger partial charge in [-0.2, -0.15) is 0 Å². The second kappa shape index (κ2) is 17.3. The van der Waals surface area contributed by atoms with Gasteiger partial charge in [-0.05, 0) is 71.5 Å². The molecule has 4 aromatic rings. The quantitative estimate of drug-likeness (QED) is 0.202. The molecule has 0 bridgehead atoms. The maximum absolute atomic E-state index is 14.1. The SMILES string of the molecule is COc1ccc(C2=CN3C(=O)c4cc5c(cc4N=C[C@@H]3C2)OCCCOc2cc3c(cc2OCCCCCCCCO5)C(=O)N2C=C(c4ccc(N)cc4)C[C@H]2C=N3)cc1. The van der Waals surface area contributed by atoms with Gasteiger partial charge < -0.3 is 39.2 Å². The summed E-state index contributed by atoms with van der Waals surface area (Å²) in [6.45, 7) is 1.66. The Morgan fingerprint density at radius 3 is 1.45 bits per heavy atom. The largest absolute Gasteiger partial charge is 0.497 e. The van der Waals surface area contributed by atoms with Crippen LogP contribution in [0, 0.1) is 0 Å². The van der Waals surface area contributed by atoms with E-state index in [1.165, 1.54) is 0 Å². The van der Waals surface area contributed by atoms with Crippen molar-refractivity contribution in [2.45, 2.75) is 69.9 Å². The van der Waals surface area contributed by atoms with Crippen LogP contribution in [0.3, 0.4) is 0 Å². The monoisotopic (exact) mass is 807 g/mol. The van der Waals surface area contributed by atoms with Crippen molar-refractivity contribution in [1.82, 2.24) is 9.80 Å². The van der Waals surface area contributed by atoms with Gasteiger partial charge in [0.1, 0.15) is 5.75 Å². The molecule has 0 aliphatic carbocycles. The maximum Gasteiger partial charge on any atom is 0.260 e. The van der Waals surface area contributed by atoms with E-state index >= 15 is 0 Å². The van der Waals surface area contributed by atoms with Gasteiger partial charge in [0.25, 0.3) is 11.8 Å². The number of carbonyl (C=O) groups is 2. The lowest BCUT2D eigenvalue weighted by Gasteiger charge is -2.20. The van der Waals surface area contributed by atoms with Crippen LogP contribution in [0.2, 0.25) is 0 Å². The normalized spacial score (nSPS) is 20.6. The Hall–Kier alpha value is -6.56. The lowest BCUT2D eigenvalue weighted by atomic mass is 10.0. The number of aliphatic imine (C=N–C) groups is 2. The van der Waals surface area contributed by atoms with Gasteiger partial charge in [0, 0.05) is 61.9 Å². The number of ether oxygens (including phenoxy) is 5. The van der Waals surface area contributed by atoms with E-state index in [2.05, 4.69) is 0 Å². The molecule has 0 spiro atoms. The summed E-state index contributed by atoms with van der Waals surface area (Å²) < 4.78 is 30.7. The minimum Gasteiger partial charge on any atom is -0.497 e. The first-order chi connectivity index (χ1) is 29.4. The number of amides is 2. The number of nitrogens with zero attached hydrogens (tertiary/aromatic N) is 4. The van der Waals surface area contributed by atoms with Crippen LogP contribution in [0.15, 0.2) is 95.2 Å². The average molecular weight is 808 g/mol. The number of methoxy groups -OCH3 is 1. The minimum absolute atomic E-state index is 0.129. The van der Waals surface area contributed by atoms with E-state index in [9.17, 15) is 9.59 Å². The van der Waals surface area contributed by atoms with Gasteiger partial charge in [-0.25, -0.2) is 0 Å². The van der Waals surface area contributed by atoms with E-state index in [4.69, 9.17) is 39.4 Å². The summed E-state index contributed by atoms with van der Waals surface area (Å²) in [7, 11) is 1.65. The van der Waals surface area contributed by atoms with Gasteiger partial charge in [0.2, 0.25) is 0 Å². The number of carbonyl (C=O) groups excluding carboxylic acids is 2. The summed E-state index contributed by atoms with van der Waals surface area (Å²) in [4.78, 5) is 41.2. The molecule has 5 aliphatic heterocycles. The number of benzene rings is 4. The number of fused-ring (bicyclic) bond motifs is 6. The molecule has 5 heterocycles. The number of hydrogen-bond acceptors (Lipinski definition) is 10. The number of anilines is 1. The fourth-order valence-corrected chi connectivity index (χ4v) is 8.25. The van der Waals surface area contributed by atoms with Gasteiger partial charge in [-0.15, -0.1) is 0 Å². The molecule has 0 fully saturated rings. The summed E-state index contributed by atoms with van der Waals surface area (Å²) in [6.07, 6.45) is 15.3. The molecule has 0 saturated heterocycles. The highest BCUT2D eigenvalue weighted by Gasteiger charge is 2.35. The summed E-state index contributed by atoms with van der Waals surface area (Å²) in [5.74, 6) is 2.63. The summed E-state index contributed by atoms with van der Waals surface area (Å²) in [6, 6.07) is 22.4. The maximum atomic E-state index is 14.1. The van der Waals surface area contributed by atoms with Crippen molar-refractivity contribution in [3.8, 4) is 28.7 Å². The van der Waals surface area contributed by atoms with Crippen LogP contribution in [0.25, 0.3) is 11.1 Å². The molecule has 2 amide bonds. The second-order valence-corrected chi connectivity index (χ2v) is 15.7. The van der Waals surface area contributed by atoms with Crippen LogP contribution >= 0.6 is 0 Å². The first-order valence-electron chi connectivity index (χ1n) is 20.9. The van der Waals surface area contributed by atoms with Crippen molar-refractivity contribution in [3.05, 3.63) is 107 Å². The van der Waals surface area contributed by atoms with Crippen molar-refractivity contribution in [2.24, 2.45) is 9.98 Å². The molecule has 60 heavy (non-hydrogen) atoms. The Morgan fingerprint density at radius 2 is 0.983 bits per heavy atom. The minimum atomic E-state index is -0.201. The fraction of sp³-hybridized carbons (Fsp3) is 0.333. The average Bonchev–Trinajstić information content (AvgIpc) is 3.85. The first-order valence-corrected chi connectivity index (χ1v) is 20.9. The van der Waals surface area contributed by atoms with Crippen molar-refractivity contribution < 1.29 is 33.3 Å². The van der Waals surface area contributed by atoms with Gasteiger partial charge in [0.05, 0.1) is 68.1 Å². The van der Waals surface area contributed by atoms with E-state index < -0.39 is 0 Å². The van der Waals surface area contributed by atoms with Crippen LogP contribution in [-0.4, -0.2) is 79.7 Å². The lowest BCUT2D eigenvalue weighted by Crippen LogP contribution is -2.32. The van der Waals surface area contributed by atoms with Crippen molar-refractivity contribution in [1.29, 1.82) is 0 Å². The molecular weight excluding hydrogens is 759 g/mol. The number of rotatable bonds is 3. The molecule has 0 saturated carbocycles. The number of hydrogen-bond donors (Lipinski definition) is 1. The zero-order chi connectivity index (χ0) is 41.0. The van der Waals surface area contributed by atoms with Crippen LogP contribution in [-0.2, 0) is 0 Å². The Balaban J connectivity index is 0.916. The van der Waals surface area contributed by atoms with E-state index in [0.717, 1.165) is 66.5 Å².